The van der Waals surface area contributed by atoms with Crippen LogP contribution in [0.2, 0.25) is 0 Å². The Bertz CT molecular complexity index is 1620. The molecular formula is C31H34FN7O4. The van der Waals surface area contributed by atoms with Gasteiger partial charge in [0.05, 0.1) is 5.56 Å². The highest BCUT2D eigenvalue weighted by Gasteiger charge is 2.34. The van der Waals surface area contributed by atoms with Gasteiger partial charge in [0.1, 0.15) is 18.4 Å². The molecule has 0 aliphatic carbocycles. The number of tetrazole rings is 1. The first-order chi connectivity index (χ1) is 20.5. The van der Waals surface area contributed by atoms with E-state index < -0.39 is 23.3 Å². The summed E-state index contributed by atoms with van der Waals surface area (Å²) in [4.78, 5) is 32.6. The van der Waals surface area contributed by atoms with Crippen molar-refractivity contribution in [3.05, 3.63) is 83.7 Å². The molecule has 0 bridgehead atoms. The van der Waals surface area contributed by atoms with Gasteiger partial charge in [-0.3, -0.25) is 9.59 Å². The number of aromatic nitrogens is 4. The van der Waals surface area contributed by atoms with Crippen LogP contribution < -0.4 is 19.7 Å². The summed E-state index contributed by atoms with van der Waals surface area (Å²) in [6.45, 7) is 5.49. The largest absolute Gasteiger partial charge is 0.454 e. The number of carbonyl (C=O) groups is 2. The third-order valence-corrected chi connectivity index (χ3v) is 6.74. The Morgan fingerprint density at radius 1 is 1.02 bits per heavy atom. The first kappa shape index (κ1) is 29.5. The average molecular weight is 588 g/mol. The summed E-state index contributed by atoms with van der Waals surface area (Å²) < 4.78 is 25.4. The third kappa shape index (κ3) is 6.91. The van der Waals surface area contributed by atoms with Gasteiger partial charge in [-0.05, 0) is 73.5 Å². The van der Waals surface area contributed by atoms with Crippen molar-refractivity contribution in [2.75, 3.05) is 25.8 Å². The minimum absolute atomic E-state index is 0.0505. The highest BCUT2D eigenvalue weighted by molar-refractivity contribution is 5.89. The predicted molar refractivity (Wildman–Crippen MR) is 158 cm³/mol. The lowest BCUT2D eigenvalue weighted by molar-refractivity contribution is -0.143. The maximum atomic E-state index is 14.3. The standard InChI is InChI=1S/C31H34FN7O4/c1-31(2,3)33-30(41)28(21-11-13-22(14-12-21)37(4)5)38(17-20-10-15-25-26(16-20)43-19-42-25)27(40)18-39-35-29(34-36-39)23-8-6-7-9-24(23)32/h6-16,28H,17-19H2,1-5H3,(H,33,41)/t28-/m0/s1. The van der Waals surface area contributed by atoms with E-state index in [1.54, 1.807) is 24.3 Å². The number of rotatable bonds is 9. The zero-order chi connectivity index (χ0) is 30.7. The summed E-state index contributed by atoms with van der Waals surface area (Å²) >= 11 is 0. The number of amides is 2. The first-order valence-corrected chi connectivity index (χ1v) is 13.8. The maximum Gasteiger partial charge on any atom is 0.247 e. The van der Waals surface area contributed by atoms with Gasteiger partial charge in [0.25, 0.3) is 0 Å². The van der Waals surface area contributed by atoms with Gasteiger partial charge in [-0.1, -0.05) is 30.3 Å². The van der Waals surface area contributed by atoms with Gasteiger partial charge in [0.2, 0.25) is 24.4 Å². The van der Waals surface area contributed by atoms with Crippen LogP contribution in [0.15, 0.2) is 66.7 Å². The molecule has 11 nitrogen and oxygen atoms in total. The number of ether oxygens (including phenoxy) is 2. The van der Waals surface area contributed by atoms with E-state index in [0.717, 1.165) is 16.0 Å². The van der Waals surface area contributed by atoms with E-state index in [0.29, 0.717) is 17.1 Å². The minimum atomic E-state index is -0.997. The summed E-state index contributed by atoms with van der Waals surface area (Å²) in [5.74, 6) is -0.0788. The van der Waals surface area contributed by atoms with Gasteiger partial charge < -0.3 is 24.6 Å². The van der Waals surface area contributed by atoms with Crippen LogP contribution in [0.5, 0.6) is 11.5 Å². The number of benzene rings is 3. The van der Waals surface area contributed by atoms with Crippen molar-refractivity contribution >= 4 is 17.5 Å². The summed E-state index contributed by atoms with van der Waals surface area (Å²) in [5.41, 5.74) is 1.91. The second kappa shape index (κ2) is 12.1. The van der Waals surface area contributed by atoms with Crippen LogP contribution in [-0.2, 0) is 22.7 Å². The highest BCUT2D eigenvalue weighted by Crippen LogP contribution is 2.34. The number of carbonyl (C=O) groups excluding carboxylic acids is 2. The molecular weight excluding hydrogens is 553 g/mol. The van der Waals surface area contributed by atoms with Gasteiger partial charge in [0, 0.05) is 31.9 Å². The van der Waals surface area contributed by atoms with E-state index in [1.807, 2.05) is 70.1 Å². The van der Waals surface area contributed by atoms with E-state index >= 15 is 0 Å². The van der Waals surface area contributed by atoms with Crippen molar-refractivity contribution in [1.82, 2.24) is 30.4 Å². The number of anilines is 1. The van der Waals surface area contributed by atoms with Gasteiger partial charge in [-0.2, -0.15) is 4.80 Å². The minimum Gasteiger partial charge on any atom is -0.454 e. The normalized spacial score (nSPS) is 13.0. The molecule has 4 aromatic rings. The van der Waals surface area contributed by atoms with E-state index in [4.69, 9.17) is 9.47 Å². The summed E-state index contributed by atoms with van der Waals surface area (Å²) in [7, 11) is 3.85. The molecule has 1 aromatic heterocycles. The molecule has 0 unspecified atom stereocenters. The van der Waals surface area contributed by atoms with Crippen molar-refractivity contribution in [3.8, 4) is 22.9 Å². The molecule has 0 spiro atoms. The van der Waals surface area contributed by atoms with Gasteiger partial charge in [-0.25, -0.2) is 4.39 Å². The van der Waals surface area contributed by atoms with Crippen LogP contribution in [0, 0.1) is 5.82 Å². The smallest absolute Gasteiger partial charge is 0.247 e. The summed E-state index contributed by atoms with van der Waals surface area (Å²) in [6, 6.07) is 17.9. The van der Waals surface area contributed by atoms with E-state index in [2.05, 4.69) is 20.7 Å². The van der Waals surface area contributed by atoms with Crippen molar-refractivity contribution in [3.63, 3.8) is 0 Å². The van der Waals surface area contributed by atoms with Crippen molar-refractivity contribution in [1.29, 1.82) is 0 Å². The molecule has 0 saturated heterocycles. The molecule has 1 atom stereocenters. The Balaban J connectivity index is 1.52. The van der Waals surface area contributed by atoms with E-state index in [-0.39, 0.29) is 37.2 Å². The number of hydrogen-bond donors (Lipinski definition) is 1. The quantitative estimate of drug-likeness (QED) is 0.313. The number of fused-ring (bicyclic) bond motifs is 1. The lowest BCUT2D eigenvalue weighted by atomic mass is 10.00. The molecule has 43 heavy (non-hydrogen) atoms. The second-order valence-electron chi connectivity index (χ2n) is 11.5. The number of halogens is 1. The van der Waals surface area contributed by atoms with Crippen molar-refractivity contribution in [2.24, 2.45) is 0 Å². The monoisotopic (exact) mass is 587 g/mol. The Morgan fingerprint density at radius 2 is 1.74 bits per heavy atom. The zero-order valence-electron chi connectivity index (χ0n) is 24.7. The van der Waals surface area contributed by atoms with Gasteiger partial charge in [0.15, 0.2) is 11.5 Å². The maximum absolute atomic E-state index is 14.3. The highest BCUT2D eigenvalue weighted by atomic mass is 19.1. The fourth-order valence-electron chi connectivity index (χ4n) is 4.70. The van der Waals surface area contributed by atoms with E-state index in [9.17, 15) is 14.0 Å². The topological polar surface area (TPSA) is 115 Å². The zero-order valence-corrected chi connectivity index (χ0v) is 24.7. The molecule has 0 saturated carbocycles. The number of nitrogens with one attached hydrogen (secondary N) is 1. The molecule has 0 radical (unpaired) electrons. The van der Waals surface area contributed by atoms with Crippen LogP contribution in [0.4, 0.5) is 10.1 Å². The molecule has 3 aromatic carbocycles. The first-order valence-electron chi connectivity index (χ1n) is 13.8. The molecule has 1 aliphatic heterocycles. The molecule has 12 heteroatoms. The number of hydrogen-bond acceptors (Lipinski definition) is 8. The van der Waals surface area contributed by atoms with Crippen LogP contribution in [0.1, 0.15) is 37.9 Å². The number of nitrogens with zero attached hydrogens (tertiary/aromatic N) is 6. The fourth-order valence-corrected chi connectivity index (χ4v) is 4.70. The Kier molecular flexibility index (Phi) is 8.29. The molecule has 0 fully saturated rings. The Labute approximate surface area is 249 Å². The Hall–Kier alpha value is -5.00. The van der Waals surface area contributed by atoms with Crippen LogP contribution in [0.25, 0.3) is 11.4 Å². The van der Waals surface area contributed by atoms with Gasteiger partial charge in [-0.15, -0.1) is 10.2 Å². The second-order valence-corrected chi connectivity index (χ2v) is 11.5. The lowest BCUT2D eigenvalue weighted by Crippen LogP contribution is -2.49. The van der Waals surface area contributed by atoms with Crippen LogP contribution in [0.3, 0.4) is 0 Å². The predicted octanol–water partition coefficient (Wildman–Crippen LogP) is 3.96. The fraction of sp³-hybridized carbons (Fsp3) is 0.323. The lowest BCUT2D eigenvalue weighted by Gasteiger charge is -2.34. The molecule has 2 heterocycles. The van der Waals surface area contributed by atoms with Crippen LogP contribution in [-0.4, -0.2) is 63.3 Å². The molecule has 1 aliphatic rings. The molecule has 5 rings (SSSR count). The van der Waals surface area contributed by atoms with Crippen molar-refractivity contribution in [2.45, 2.75) is 45.4 Å². The van der Waals surface area contributed by atoms with Gasteiger partial charge >= 0.3 is 0 Å². The summed E-state index contributed by atoms with van der Waals surface area (Å²) in [5, 5.41) is 15.2. The summed E-state index contributed by atoms with van der Waals surface area (Å²) in [6.07, 6.45) is 0. The molecule has 2 amide bonds. The van der Waals surface area contributed by atoms with Crippen molar-refractivity contribution < 1.29 is 23.5 Å². The SMILES string of the molecule is CN(C)c1ccc([C@@H](C(=O)NC(C)(C)C)N(Cc2ccc3c(c2)OCO3)C(=O)Cn2nnc(-c3ccccc3F)n2)cc1. The Morgan fingerprint density at radius 3 is 2.44 bits per heavy atom. The van der Waals surface area contributed by atoms with E-state index in [1.165, 1.54) is 17.0 Å². The average Bonchev–Trinajstić information content (AvgIpc) is 3.61. The molecule has 1 N–H and O–H groups in total. The molecule has 224 valence electrons. The van der Waals surface area contributed by atoms with Crippen LogP contribution >= 0.6 is 0 Å². The third-order valence-electron chi connectivity index (χ3n) is 6.74.